The first kappa shape index (κ1) is 32.9. The predicted molar refractivity (Wildman–Crippen MR) is 189 cm³/mol. The number of benzene rings is 2. The molecule has 5 rings (SSSR count). The van der Waals surface area contributed by atoms with E-state index in [1.165, 1.54) is 16.9 Å². The van der Waals surface area contributed by atoms with Crippen molar-refractivity contribution >= 4 is 65.2 Å². The van der Waals surface area contributed by atoms with Crippen LogP contribution in [0.3, 0.4) is 0 Å². The summed E-state index contributed by atoms with van der Waals surface area (Å²) in [6.07, 6.45) is 4.98. The lowest BCUT2D eigenvalue weighted by atomic mass is 10.0. The molecule has 3 N–H and O–H groups in total. The number of amides is 1. The van der Waals surface area contributed by atoms with E-state index in [4.69, 9.17) is 21.3 Å². The number of rotatable bonds is 10. The second-order valence-corrected chi connectivity index (χ2v) is 14.6. The van der Waals surface area contributed by atoms with Crippen LogP contribution in [-0.4, -0.2) is 98.5 Å². The highest BCUT2D eigenvalue weighted by Gasteiger charge is 2.28. The molecule has 3 heterocycles. The molecule has 0 aliphatic carbocycles. The topological polar surface area (TPSA) is 97.9 Å². The molecule has 2 saturated heterocycles. The fourth-order valence-corrected chi connectivity index (χ4v) is 7.13. The first-order valence-corrected chi connectivity index (χ1v) is 17.9. The quantitative estimate of drug-likeness (QED) is 0.190. The smallest absolute Gasteiger partial charge is 0.247 e. The lowest BCUT2D eigenvalue weighted by Gasteiger charge is -2.43. The van der Waals surface area contributed by atoms with Crippen molar-refractivity contribution in [3.8, 4) is 5.75 Å². The van der Waals surface area contributed by atoms with Crippen LogP contribution in [0.5, 0.6) is 5.75 Å². The van der Waals surface area contributed by atoms with Gasteiger partial charge in [0.15, 0.2) is 5.82 Å². The fourth-order valence-electron chi connectivity index (χ4n) is 5.92. The number of carbonyl (C=O) groups is 1. The molecule has 0 bridgehead atoms. The number of likely N-dealkylation sites (N-methyl/N-ethyl adjacent to an activating group) is 1. The minimum absolute atomic E-state index is 0.283. The first-order valence-electron chi connectivity index (χ1n) is 15.3. The van der Waals surface area contributed by atoms with Gasteiger partial charge in [0.05, 0.1) is 30.4 Å². The zero-order valence-corrected chi connectivity index (χ0v) is 28.5. The summed E-state index contributed by atoms with van der Waals surface area (Å²) in [7, 11) is 3.47. The Morgan fingerprint density at radius 2 is 1.78 bits per heavy atom. The Labute approximate surface area is 272 Å². The van der Waals surface area contributed by atoms with Crippen LogP contribution in [0, 0.1) is 6.92 Å². The molecule has 2 fully saturated rings. The van der Waals surface area contributed by atoms with Gasteiger partial charge in [-0.3, -0.25) is 9.69 Å². The van der Waals surface area contributed by atoms with E-state index in [-0.39, 0.29) is 13.8 Å². The highest BCUT2D eigenvalue weighted by Crippen LogP contribution is 2.40. The zero-order valence-electron chi connectivity index (χ0n) is 26.9. The number of halogens is 1. The first-order chi connectivity index (χ1) is 21.6. The molecule has 0 saturated carbocycles. The van der Waals surface area contributed by atoms with E-state index in [1.54, 1.807) is 13.3 Å². The van der Waals surface area contributed by atoms with Crippen LogP contribution in [0.2, 0.25) is 5.02 Å². The Kier molecular flexibility index (Phi) is 10.8. The number of piperidine rings is 1. The Balaban J connectivity index is 1.39. The number of nitrogens with zero attached hydrogens (tertiary/aromatic N) is 5. The lowest BCUT2D eigenvalue weighted by Crippen LogP contribution is -2.52. The molecule has 240 valence electrons. The largest absolute Gasteiger partial charge is 0.494 e. The summed E-state index contributed by atoms with van der Waals surface area (Å²) < 4.78 is 5.83. The van der Waals surface area contributed by atoms with Crippen LogP contribution >= 0.6 is 19.5 Å². The van der Waals surface area contributed by atoms with Crippen molar-refractivity contribution in [3.63, 3.8) is 0 Å². The molecule has 12 heteroatoms. The van der Waals surface area contributed by atoms with E-state index < -0.39 is 0 Å². The lowest BCUT2D eigenvalue weighted by molar-refractivity contribution is -0.111. The molecular formula is C33H44ClN8O2P. The molecule has 2 aliphatic heterocycles. The minimum Gasteiger partial charge on any atom is -0.494 e. The standard InChI is InChI=1S/C33H44ClN8O2P/c1-7-31(43)36-26-19-27(29(44-4)20-28(26)42-12-10-23(11-13-42)41-16-14-40(3)15-17-41)38-33-35-21-24(34)32(39-33)37-25-9-8-22(2)18-30(25)45(5)6/h7-9,18-21,23H,1,10-17H2,2-6H3,(H,36,43)(H2,35,37,38,39). The normalized spacial score (nSPS) is 16.5. The van der Waals surface area contributed by atoms with Crippen LogP contribution in [0.15, 0.2) is 49.2 Å². The van der Waals surface area contributed by atoms with Gasteiger partial charge in [-0.25, -0.2) is 4.98 Å². The van der Waals surface area contributed by atoms with Gasteiger partial charge in [0.25, 0.3) is 0 Å². The molecule has 0 radical (unpaired) electrons. The van der Waals surface area contributed by atoms with Crippen LogP contribution < -0.4 is 30.9 Å². The average molecular weight is 651 g/mol. The molecule has 10 nitrogen and oxygen atoms in total. The third-order valence-corrected chi connectivity index (χ3v) is 10.1. The number of aryl methyl sites for hydroxylation is 1. The summed E-state index contributed by atoms with van der Waals surface area (Å²) in [5.74, 6) is 1.16. The molecular weight excluding hydrogens is 607 g/mol. The summed E-state index contributed by atoms with van der Waals surface area (Å²) in [6, 6.07) is 10.7. The summed E-state index contributed by atoms with van der Waals surface area (Å²) in [5.41, 5.74) is 4.36. The number of hydrogen-bond donors (Lipinski definition) is 3. The van der Waals surface area contributed by atoms with E-state index in [2.05, 4.69) is 87.7 Å². The van der Waals surface area contributed by atoms with Gasteiger partial charge < -0.3 is 30.5 Å². The molecule has 45 heavy (non-hydrogen) atoms. The number of piperazine rings is 1. The summed E-state index contributed by atoms with van der Waals surface area (Å²) in [6.45, 7) is 16.4. The second kappa shape index (κ2) is 14.8. The van der Waals surface area contributed by atoms with Crippen molar-refractivity contribution in [3.05, 3.63) is 59.8 Å². The number of hydrogen-bond acceptors (Lipinski definition) is 9. The maximum atomic E-state index is 12.5. The van der Waals surface area contributed by atoms with Crippen LogP contribution in [0.4, 0.5) is 34.5 Å². The van der Waals surface area contributed by atoms with Crippen molar-refractivity contribution in [2.75, 3.05) is 87.6 Å². The Morgan fingerprint density at radius 3 is 2.44 bits per heavy atom. The Bertz CT molecular complexity index is 1520. The third kappa shape index (κ3) is 8.05. The molecule has 0 unspecified atom stereocenters. The van der Waals surface area contributed by atoms with Gasteiger partial charge in [-0.15, -0.1) is 0 Å². The maximum Gasteiger partial charge on any atom is 0.247 e. The highest BCUT2D eigenvalue weighted by atomic mass is 35.5. The number of aromatic nitrogens is 2. The van der Waals surface area contributed by atoms with Crippen molar-refractivity contribution in [1.82, 2.24) is 19.8 Å². The van der Waals surface area contributed by atoms with E-state index in [0.29, 0.717) is 40.0 Å². The third-order valence-electron chi connectivity index (χ3n) is 8.50. The van der Waals surface area contributed by atoms with Crippen molar-refractivity contribution in [2.24, 2.45) is 0 Å². The van der Waals surface area contributed by atoms with Gasteiger partial charge in [0.2, 0.25) is 11.9 Å². The van der Waals surface area contributed by atoms with Gasteiger partial charge in [0.1, 0.15) is 10.8 Å². The van der Waals surface area contributed by atoms with E-state index in [0.717, 1.165) is 63.5 Å². The van der Waals surface area contributed by atoms with E-state index in [9.17, 15) is 4.79 Å². The molecule has 0 spiro atoms. The summed E-state index contributed by atoms with van der Waals surface area (Å²) in [4.78, 5) is 29.0. The molecule has 1 aromatic heterocycles. The number of methoxy groups -OCH3 is 1. The van der Waals surface area contributed by atoms with Crippen molar-refractivity contribution in [2.45, 2.75) is 25.8 Å². The number of nitrogens with one attached hydrogen (secondary N) is 3. The zero-order chi connectivity index (χ0) is 32.1. The van der Waals surface area contributed by atoms with Crippen molar-refractivity contribution < 1.29 is 9.53 Å². The molecule has 1 amide bonds. The van der Waals surface area contributed by atoms with Gasteiger partial charge >= 0.3 is 0 Å². The van der Waals surface area contributed by atoms with Crippen molar-refractivity contribution in [1.29, 1.82) is 0 Å². The predicted octanol–water partition coefficient (Wildman–Crippen LogP) is 5.64. The molecule has 2 aromatic carbocycles. The highest BCUT2D eigenvalue weighted by molar-refractivity contribution is 7.64. The number of ether oxygens (including phenoxy) is 1. The second-order valence-electron chi connectivity index (χ2n) is 11.9. The van der Waals surface area contributed by atoms with Gasteiger partial charge in [-0.05, 0) is 69.7 Å². The molecule has 3 aromatic rings. The fraction of sp³-hybridized carbons (Fsp3) is 0.424. The number of anilines is 6. The average Bonchev–Trinajstić information content (AvgIpc) is 3.04. The Hall–Kier alpha value is -3.43. The maximum absolute atomic E-state index is 12.5. The SMILES string of the molecule is C=CC(=O)Nc1cc(Nc2ncc(Cl)c(Nc3ccc(C)cc3P(C)C)n2)c(OC)cc1N1CCC(N2CCN(C)CC2)CC1. The number of carbonyl (C=O) groups excluding carboxylic acids is 1. The Morgan fingerprint density at radius 1 is 1.04 bits per heavy atom. The minimum atomic E-state index is -0.353. The van der Waals surface area contributed by atoms with E-state index >= 15 is 0 Å². The van der Waals surface area contributed by atoms with E-state index in [1.807, 2.05) is 12.1 Å². The monoisotopic (exact) mass is 650 g/mol. The molecule has 2 aliphatic rings. The van der Waals surface area contributed by atoms with Crippen LogP contribution in [0.25, 0.3) is 0 Å². The molecule has 0 atom stereocenters. The van der Waals surface area contributed by atoms with Gasteiger partial charge in [0, 0.05) is 57.1 Å². The summed E-state index contributed by atoms with van der Waals surface area (Å²) in [5, 5.41) is 11.4. The van der Waals surface area contributed by atoms with Crippen LogP contribution in [-0.2, 0) is 4.79 Å². The van der Waals surface area contributed by atoms with Gasteiger partial charge in [-0.1, -0.05) is 37.7 Å². The van der Waals surface area contributed by atoms with Crippen LogP contribution in [0.1, 0.15) is 18.4 Å². The summed E-state index contributed by atoms with van der Waals surface area (Å²) >= 11 is 6.54. The van der Waals surface area contributed by atoms with Gasteiger partial charge in [-0.2, -0.15) is 4.98 Å².